The molecule has 1 fully saturated rings. The fourth-order valence-corrected chi connectivity index (χ4v) is 6.88. The van der Waals surface area contributed by atoms with E-state index in [4.69, 9.17) is 4.74 Å². The molecular formula is C18H17O4S2+. The normalized spacial score (nSPS) is 18.5. The van der Waals surface area contributed by atoms with Crippen molar-refractivity contribution in [1.82, 2.24) is 0 Å². The molecule has 0 atom stereocenters. The topological polar surface area (TPSA) is 60.4 Å². The van der Waals surface area contributed by atoms with Crippen LogP contribution in [-0.2, 0) is 20.7 Å². The van der Waals surface area contributed by atoms with Crippen molar-refractivity contribution in [3.05, 3.63) is 48.0 Å². The molecule has 124 valence electrons. The van der Waals surface area contributed by atoms with E-state index in [1.165, 1.54) is 25.0 Å². The highest BCUT2D eigenvalue weighted by molar-refractivity contribution is 7.97. The van der Waals surface area contributed by atoms with E-state index in [-0.39, 0.29) is 32.2 Å². The molecule has 4 rings (SSSR count). The molecule has 0 saturated carbocycles. The molecule has 0 radical (unpaired) electrons. The summed E-state index contributed by atoms with van der Waals surface area (Å²) in [5.41, 5.74) is 0.458. The lowest BCUT2D eigenvalue weighted by Gasteiger charge is -2.20. The second-order valence-electron chi connectivity index (χ2n) is 6.01. The number of hydrogen-bond donors (Lipinski definition) is 0. The zero-order valence-electron chi connectivity index (χ0n) is 13.0. The Kier molecular flexibility index (Phi) is 3.89. The van der Waals surface area contributed by atoms with Crippen LogP contribution in [0.1, 0.15) is 23.2 Å². The van der Waals surface area contributed by atoms with Gasteiger partial charge in [-0.05, 0) is 54.1 Å². The Labute approximate surface area is 144 Å². The first-order valence-corrected chi connectivity index (χ1v) is 11.1. The van der Waals surface area contributed by atoms with Gasteiger partial charge in [0.1, 0.15) is 32.8 Å². The van der Waals surface area contributed by atoms with Crippen LogP contribution in [0.5, 0.6) is 11.5 Å². The van der Waals surface area contributed by atoms with Crippen LogP contribution >= 0.6 is 0 Å². The van der Waals surface area contributed by atoms with E-state index in [0.29, 0.717) is 17.1 Å². The molecule has 6 heteroatoms. The standard InChI is InChI=1S/C18H17O4S2/c19-14(12-23-9-3-4-10-23)13-7-8-16-18(11-13)24(20,21)17-6-2-1-5-15(17)22-16/h1-2,5-8,11H,3-4,9-10,12H2/q+1. The van der Waals surface area contributed by atoms with Gasteiger partial charge in [0, 0.05) is 5.56 Å². The highest BCUT2D eigenvalue weighted by Crippen LogP contribution is 2.42. The van der Waals surface area contributed by atoms with Gasteiger partial charge in [-0.3, -0.25) is 4.79 Å². The van der Waals surface area contributed by atoms with E-state index in [0.717, 1.165) is 11.5 Å². The number of Topliss-reactive ketones (excluding diaryl/α,β-unsaturated/α-hetero) is 1. The average Bonchev–Trinajstić information content (AvgIpc) is 3.08. The molecule has 2 aromatic rings. The Morgan fingerprint density at radius 3 is 2.50 bits per heavy atom. The van der Waals surface area contributed by atoms with Crippen LogP contribution in [-0.4, -0.2) is 31.5 Å². The van der Waals surface area contributed by atoms with Crippen LogP contribution in [0.3, 0.4) is 0 Å². The van der Waals surface area contributed by atoms with Gasteiger partial charge in [0.25, 0.3) is 0 Å². The minimum absolute atomic E-state index is 0.0251. The largest absolute Gasteiger partial charge is 0.455 e. The average molecular weight is 361 g/mol. The van der Waals surface area contributed by atoms with Gasteiger partial charge in [-0.15, -0.1) is 0 Å². The fraction of sp³-hybridized carbons (Fsp3) is 0.278. The summed E-state index contributed by atoms with van der Waals surface area (Å²) in [5, 5.41) is 0. The van der Waals surface area contributed by atoms with Crippen LogP contribution in [0.25, 0.3) is 0 Å². The van der Waals surface area contributed by atoms with E-state index >= 15 is 0 Å². The molecule has 2 aliphatic rings. The summed E-state index contributed by atoms with van der Waals surface area (Å²) in [6, 6.07) is 11.3. The van der Waals surface area contributed by atoms with Crippen molar-refractivity contribution >= 4 is 26.5 Å². The van der Waals surface area contributed by atoms with Gasteiger partial charge < -0.3 is 4.74 Å². The Balaban J connectivity index is 1.70. The van der Waals surface area contributed by atoms with Crippen molar-refractivity contribution in [1.29, 1.82) is 0 Å². The number of carbonyl (C=O) groups excluding carboxylic acids is 1. The monoisotopic (exact) mass is 361 g/mol. The van der Waals surface area contributed by atoms with Crippen molar-refractivity contribution in [3.63, 3.8) is 0 Å². The van der Waals surface area contributed by atoms with Gasteiger partial charge in [-0.25, -0.2) is 8.42 Å². The third-order valence-corrected chi connectivity index (χ3v) is 8.58. The highest BCUT2D eigenvalue weighted by Gasteiger charge is 2.33. The van der Waals surface area contributed by atoms with E-state index in [1.807, 2.05) is 0 Å². The molecule has 0 aliphatic carbocycles. The van der Waals surface area contributed by atoms with Gasteiger partial charge in [0.15, 0.2) is 5.75 Å². The fourth-order valence-electron chi connectivity index (χ4n) is 3.10. The van der Waals surface area contributed by atoms with Crippen molar-refractivity contribution in [2.24, 2.45) is 0 Å². The lowest BCUT2D eigenvalue weighted by molar-refractivity contribution is 0.102. The maximum absolute atomic E-state index is 12.8. The number of para-hydroxylation sites is 1. The molecular weight excluding hydrogens is 344 g/mol. The minimum Gasteiger partial charge on any atom is -0.455 e. The van der Waals surface area contributed by atoms with E-state index in [9.17, 15) is 13.2 Å². The second-order valence-corrected chi connectivity index (χ2v) is 10.2. The molecule has 0 bridgehead atoms. The van der Waals surface area contributed by atoms with Crippen LogP contribution in [0, 0.1) is 0 Å². The maximum Gasteiger partial charge on any atom is 0.213 e. The summed E-state index contributed by atoms with van der Waals surface area (Å²) in [7, 11) is -3.50. The van der Waals surface area contributed by atoms with Crippen LogP contribution in [0.2, 0.25) is 0 Å². The number of sulfone groups is 1. The summed E-state index contributed by atoms with van der Waals surface area (Å²) in [4.78, 5) is 12.8. The Morgan fingerprint density at radius 1 is 1.00 bits per heavy atom. The van der Waals surface area contributed by atoms with Gasteiger partial charge in [0.05, 0.1) is 0 Å². The molecule has 0 N–H and O–H groups in total. The minimum atomic E-state index is -3.66. The molecule has 0 unspecified atom stereocenters. The Morgan fingerprint density at radius 2 is 1.71 bits per heavy atom. The summed E-state index contributed by atoms with van der Waals surface area (Å²) in [5.74, 6) is 3.40. The first-order chi connectivity index (χ1) is 11.6. The summed E-state index contributed by atoms with van der Waals surface area (Å²) < 4.78 is 31.3. The van der Waals surface area contributed by atoms with E-state index in [2.05, 4.69) is 0 Å². The number of fused-ring (bicyclic) bond motifs is 2. The zero-order chi connectivity index (χ0) is 16.7. The molecule has 0 spiro atoms. The Hall–Kier alpha value is -1.79. The number of carbonyl (C=O) groups is 1. The lowest BCUT2D eigenvalue weighted by atomic mass is 10.1. The lowest BCUT2D eigenvalue weighted by Crippen LogP contribution is -2.19. The molecule has 0 aromatic heterocycles. The number of rotatable bonds is 3. The van der Waals surface area contributed by atoms with Crippen LogP contribution in [0.15, 0.2) is 52.3 Å². The molecule has 24 heavy (non-hydrogen) atoms. The molecule has 2 aromatic carbocycles. The third-order valence-electron chi connectivity index (χ3n) is 4.37. The van der Waals surface area contributed by atoms with Crippen molar-refractivity contribution < 1.29 is 17.9 Å². The summed E-state index contributed by atoms with van der Waals surface area (Å²) in [6.07, 6.45) is 2.39. The van der Waals surface area contributed by atoms with Crippen LogP contribution < -0.4 is 4.74 Å². The first-order valence-electron chi connectivity index (χ1n) is 7.89. The van der Waals surface area contributed by atoms with Crippen molar-refractivity contribution in [3.8, 4) is 11.5 Å². The van der Waals surface area contributed by atoms with E-state index < -0.39 is 9.84 Å². The summed E-state index contributed by atoms with van der Waals surface area (Å²) >= 11 is 0. The number of benzene rings is 2. The van der Waals surface area contributed by atoms with Gasteiger partial charge in [-0.2, -0.15) is 0 Å². The van der Waals surface area contributed by atoms with Crippen molar-refractivity contribution in [2.45, 2.75) is 22.6 Å². The SMILES string of the molecule is O=C(C[S+]1CCCC1)c1ccc2c(c1)S(=O)(=O)c1ccccc1O2. The molecule has 2 aliphatic heterocycles. The highest BCUT2D eigenvalue weighted by atomic mass is 32.2. The first kappa shape index (κ1) is 15.7. The smallest absolute Gasteiger partial charge is 0.213 e. The number of ether oxygens (including phenoxy) is 1. The van der Waals surface area contributed by atoms with E-state index in [1.54, 1.807) is 30.3 Å². The number of hydrogen-bond acceptors (Lipinski definition) is 4. The third kappa shape index (κ3) is 2.63. The molecule has 4 nitrogen and oxygen atoms in total. The maximum atomic E-state index is 12.8. The number of ketones is 1. The predicted octanol–water partition coefficient (Wildman–Crippen LogP) is 3.22. The predicted molar refractivity (Wildman–Crippen MR) is 93.9 cm³/mol. The van der Waals surface area contributed by atoms with Gasteiger partial charge in [0.2, 0.25) is 15.6 Å². The Bertz CT molecular complexity index is 912. The zero-order valence-corrected chi connectivity index (χ0v) is 14.7. The van der Waals surface area contributed by atoms with Gasteiger partial charge >= 0.3 is 0 Å². The quantitative estimate of drug-likeness (QED) is 0.531. The molecule has 0 amide bonds. The second kappa shape index (κ2) is 5.93. The molecule has 1 saturated heterocycles. The van der Waals surface area contributed by atoms with Gasteiger partial charge in [-0.1, -0.05) is 12.1 Å². The molecule has 2 heterocycles. The van der Waals surface area contributed by atoms with Crippen LogP contribution in [0.4, 0.5) is 0 Å². The summed E-state index contributed by atoms with van der Waals surface area (Å²) in [6.45, 7) is 0. The van der Waals surface area contributed by atoms with Crippen molar-refractivity contribution in [2.75, 3.05) is 17.3 Å².